The predicted octanol–water partition coefficient (Wildman–Crippen LogP) is 2.72. The van der Waals surface area contributed by atoms with E-state index in [0.717, 1.165) is 43.7 Å². The molecule has 0 aliphatic carbocycles. The molecular weight excluding hydrogens is 292 g/mol. The zero-order chi connectivity index (χ0) is 16.7. The number of carbonyl (C=O) groups is 2. The van der Waals surface area contributed by atoms with Crippen molar-refractivity contribution in [2.45, 2.75) is 38.6 Å². The van der Waals surface area contributed by atoms with Crippen molar-refractivity contribution in [3.05, 3.63) is 29.8 Å². The molecule has 0 atom stereocenters. The van der Waals surface area contributed by atoms with Crippen molar-refractivity contribution in [3.8, 4) is 0 Å². The highest BCUT2D eigenvalue weighted by Crippen LogP contribution is 2.21. The average Bonchev–Trinajstić information content (AvgIpc) is 2.60. The van der Waals surface area contributed by atoms with Gasteiger partial charge in [-0.25, -0.2) is 0 Å². The Balaban J connectivity index is 1.85. The summed E-state index contributed by atoms with van der Waals surface area (Å²) in [7, 11) is 1.42. The van der Waals surface area contributed by atoms with Gasteiger partial charge in [-0.15, -0.1) is 0 Å². The van der Waals surface area contributed by atoms with Crippen LogP contribution >= 0.6 is 0 Å². The SMILES string of the molecule is CCC(=O)c1ccccc1NC1CCN(CCC(=O)OC)CC1. The van der Waals surface area contributed by atoms with Gasteiger partial charge in [-0.1, -0.05) is 19.1 Å². The van der Waals surface area contributed by atoms with E-state index >= 15 is 0 Å². The molecule has 1 aromatic rings. The molecule has 1 saturated heterocycles. The summed E-state index contributed by atoms with van der Waals surface area (Å²) in [6.45, 7) is 4.56. The summed E-state index contributed by atoms with van der Waals surface area (Å²) in [5.41, 5.74) is 1.72. The lowest BCUT2D eigenvalue weighted by atomic mass is 10.0. The molecule has 1 fully saturated rings. The van der Waals surface area contributed by atoms with Gasteiger partial charge < -0.3 is 15.0 Å². The van der Waals surface area contributed by atoms with Crippen molar-refractivity contribution < 1.29 is 14.3 Å². The fourth-order valence-electron chi connectivity index (χ4n) is 2.91. The first-order valence-corrected chi connectivity index (χ1v) is 8.32. The van der Waals surface area contributed by atoms with Gasteiger partial charge >= 0.3 is 5.97 Å². The Labute approximate surface area is 138 Å². The molecule has 5 nitrogen and oxygen atoms in total. The number of likely N-dealkylation sites (tertiary alicyclic amines) is 1. The number of hydrogen-bond acceptors (Lipinski definition) is 5. The van der Waals surface area contributed by atoms with Gasteiger partial charge in [0.1, 0.15) is 0 Å². The number of piperidine rings is 1. The van der Waals surface area contributed by atoms with Crippen LogP contribution in [0.2, 0.25) is 0 Å². The Morgan fingerprint density at radius 2 is 1.96 bits per heavy atom. The normalized spacial score (nSPS) is 16.1. The monoisotopic (exact) mass is 318 g/mol. The Kier molecular flexibility index (Phi) is 6.59. The molecular formula is C18H26N2O3. The standard InChI is InChI=1S/C18H26N2O3/c1-3-17(21)15-6-4-5-7-16(15)19-14-8-11-20(12-9-14)13-10-18(22)23-2/h4-7,14,19H,3,8-13H2,1-2H3. The molecule has 0 bridgehead atoms. The van der Waals surface area contributed by atoms with E-state index in [1.165, 1.54) is 7.11 Å². The minimum absolute atomic E-state index is 0.155. The van der Waals surface area contributed by atoms with Crippen LogP contribution in [-0.2, 0) is 9.53 Å². The minimum atomic E-state index is -0.155. The van der Waals surface area contributed by atoms with Crippen molar-refractivity contribution in [1.82, 2.24) is 4.90 Å². The highest BCUT2D eigenvalue weighted by atomic mass is 16.5. The van der Waals surface area contributed by atoms with Crippen molar-refractivity contribution in [1.29, 1.82) is 0 Å². The fraction of sp³-hybridized carbons (Fsp3) is 0.556. The number of nitrogens with zero attached hydrogens (tertiary/aromatic N) is 1. The molecule has 1 aromatic carbocycles. The van der Waals surface area contributed by atoms with Crippen LogP contribution in [-0.4, -0.2) is 49.4 Å². The van der Waals surface area contributed by atoms with Crippen LogP contribution in [0.3, 0.4) is 0 Å². The summed E-state index contributed by atoms with van der Waals surface area (Å²) in [4.78, 5) is 25.5. The molecule has 126 valence electrons. The van der Waals surface area contributed by atoms with E-state index < -0.39 is 0 Å². The van der Waals surface area contributed by atoms with Crippen LogP contribution in [0.1, 0.15) is 43.0 Å². The van der Waals surface area contributed by atoms with E-state index in [9.17, 15) is 9.59 Å². The molecule has 0 radical (unpaired) electrons. The van der Waals surface area contributed by atoms with Gasteiger partial charge in [0.05, 0.1) is 13.5 Å². The zero-order valence-corrected chi connectivity index (χ0v) is 14.0. The first-order chi connectivity index (χ1) is 11.1. The highest BCUT2D eigenvalue weighted by molar-refractivity contribution is 6.01. The van der Waals surface area contributed by atoms with E-state index in [0.29, 0.717) is 18.9 Å². The van der Waals surface area contributed by atoms with Gasteiger partial charge in [0.2, 0.25) is 0 Å². The van der Waals surface area contributed by atoms with Crippen molar-refractivity contribution in [2.24, 2.45) is 0 Å². The van der Waals surface area contributed by atoms with E-state index in [4.69, 9.17) is 0 Å². The molecule has 23 heavy (non-hydrogen) atoms. The summed E-state index contributed by atoms with van der Waals surface area (Å²) < 4.78 is 4.68. The highest BCUT2D eigenvalue weighted by Gasteiger charge is 2.21. The van der Waals surface area contributed by atoms with Crippen LogP contribution in [0.25, 0.3) is 0 Å². The molecule has 2 rings (SSSR count). The molecule has 5 heteroatoms. The number of carbonyl (C=O) groups excluding carboxylic acids is 2. The minimum Gasteiger partial charge on any atom is -0.469 e. The molecule has 1 N–H and O–H groups in total. The van der Waals surface area contributed by atoms with Gasteiger partial charge in [-0.05, 0) is 25.0 Å². The number of para-hydroxylation sites is 1. The summed E-state index contributed by atoms with van der Waals surface area (Å²) in [5.74, 6) is 0.0147. The average molecular weight is 318 g/mol. The first-order valence-electron chi connectivity index (χ1n) is 8.32. The van der Waals surface area contributed by atoms with Gasteiger partial charge in [0.25, 0.3) is 0 Å². The van der Waals surface area contributed by atoms with E-state index in [-0.39, 0.29) is 11.8 Å². The lowest BCUT2D eigenvalue weighted by Crippen LogP contribution is -2.40. The van der Waals surface area contributed by atoms with Gasteiger partial charge in [0, 0.05) is 43.3 Å². The molecule has 1 aliphatic rings. The lowest BCUT2D eigenvalue weighted by Gasteiger charge is -2.33. The number of hydrogen-bond donors (Lipinski definition) is 1. The second-order valence-corrected chi connectivity index (χ2v) is 5.91. The van der Waals surface area contributed by atoms with Gasteiger partial charge in [-0.3, -0.25) is 9.59 Å². The summed E-state index contributed by atoms with van der Waals surface area (Å²) in [6, 6.07) is 8.10. The summed E-state index contributed by atoms with van der Waals surface area (Å²) in [6.07, 6.45) is 2.98. The Morgan fingerprint density at radius 3 is 2.61 bits per heavy atom. The quantitative estimate of drug-likeness (QED) is 0.619. The largest absolute Gasteiger partial charge is 0.469 e. The van der Waals surface area contributed by atoms with Crippen molar-refractivity contribution in [3.63, 3.8) is 0 Å². The number of benzene rings is 1. The van der Waals surface area contributed by atoms with Crippen LogP contribution in [0.4, 0.5) is 5.69 Å². The smallest absolute Gasteiger partial charge is 0.306 e. The molecule has 0 saturated carbocycles. The number of nitrogens with one attached hydrogen (secondary N) is 1. The van der Waals surface area contributed by atoms with E-state index in [1.54, 1.807) is 0 Å². The third-order valence-electron chi connectivity index (χ3n) is 4.36. The summed E-state index contributed by atoms with van der Waals surface area (Å²) >= 11 is 0. The topological polar surface area (TPSA) is 58.6 Å². The van der Waals surface area contributed by atoms with E-state index in [1.807, 2.05) is 31.2 Å². The van der Waals surface area contributed by atoms with Crippen molar-refractivity contribution >= 4 is 17.4 Å². The van der Waals surface area contributed by atoms with Crippen LogP contribution in [0.5, 0.6) is 0 Å². The number of ether oxygens (including phenoxy) is 1. The maximum Gasteiger partial charge on any atom is 0.306 e. The van der Waals surface area contributed by atoms with Gasteiger partial charge in [-0.2, -0.15) is 0 Å². The number of Topliss-reactive ketones (excluding diaryl/α,β-unsaturated/α-hetero) is 1. The third kappa shape index (κ3) is 5.06. The predicted molar refractivity (Wildman–Crippen MR) is 90.8 cm³/mol. The van der Waals surface area contributed by atoms with Crippen LogP contribution in [0.15, 0.2) is 24.3 Å². The van der Waals surface area contributed by atoms with Gasteiger partial charge in [0.15, 0.2) is 5.78 Å². The zero-order valence-electron chi connectivity index (χ0n) is 14.0. The molecule has 0 aromatic heterocycles. The van der Waals surface area contributed by atoms with Crippen molar-refractivity contribution in [2.75, 3.05) is 32.1 Å². The first kappa shape index (κ1) is 17.5. The lowest BCUT2D eigenvalue weighted by molar-refractivity contribution is -0.141. The molecule has 0 unspecified atom stereocenters. The summed E-state index contributed by atoms with van der Waals surface area (Å²) in [5, 5.41) is 3.52. The maximum absolute atomic E-state index is 12.0. The van der Waals surface area contributed by atoms with Crippen LogP contribution < -0.4 is 5.32 Å². The molecule has 1 heterocycles. The second kappa shape index (κ2) is 8.67. The van der Waals surface area contributed by atoms with E-state index in [2.05, 4.69) is 15.0 Å². The molecule has 0 amide bonds. The van der Waals surface area contributed by atoms with Crippen LogP contribution in [0, 0.1) is 0 Å². The molecule has 1 aliphatic heterocycles. The number of methoxy groups -OCH3 is 1. The second-order valence-electron chi connectivity index (χ2n) is 5.91. The Hall–Kier alpha value is -1.88. The number of esters is 1. The Morgan fingerprint density at radius 1 is 1.26 bits per heavy atom. The Bertz CT molecular complexity index is 537. The fourth-order valence-corrected chi connectivity index (χ4v) is 2.91. The number of rotatable bonds is 7. The maximum atomic E-state index is 12.0. The third-order valence-corrected chi connectivity index (χ3v) is 4.36. The number of ketones is 1. The molecule has 0 spiro atoms. The number of anilines is 1.